The Morgan fingerprint density at radius 1 is 1.17 bits per heavy atom. The van der Waals surface area contributed by atoms with E-state index >= 15 is 0 Å². The molecule has 1 aliphatic carbocycles. The Hall–Kier alpha value is -2.47. The van der Waals surface area contributed by atoms with Crippen molar-refractivity contribution in [2.45, 2.75) is 37.8 Å². The molecule has 24 heavy (non-hydrogen) atoms. The van der Waals surface area contributed by atoms with Crippen LogP contribution < -0.4 is 16.6 Å². The normalized spacial score (nSPS) is 16.0. The molecule has 1 fully saturated rings. The van der Waals surface area contributed by atoms with E-state index in [2.05, 4.69) is 10.4 Å². The van der Waals surface area contributed by atoms with E-state index in [0.29, 0.717) is 13.1 Å². The quantitative estimate of drug-likeness (QED) is 0.866. The second-order valence-corrected chi connectivity index (χ2v) is 6.35. The Bertz CT molecular complexity index is 764. The molecule has 0 saturated heterocycles. The van der Waals surface area contributed by atoms with Crippen molar-refractivity contribution in [2.24, 2.45) is 5.73 Å². The van der Waals surface area contributed by atoms with Crippen LogP contribution in [0, 0.1) is 0 Å². The number of amides is 1. The second-order valence-electron chi connectivity index (χ2n) is 6.35. The van der Waals surface area contributed by atoms with Crippen molar-refractivity contribution in [2.75, 3.05) is 6.54 Å². The topological polar surface area (TPSA) is 90.0 Å². The van der Waals surface area contributed by atoms with Crippen LogP contribution in [0.15, 0.2) is 47.3 Å². The highest BCUT2D eigenvalue weighted by atomic mass is 16.2. The summed E-state index contributed by atoms with van der Waals surface area (Å²) in [5.41, 5.74) is 6.49. The number of nitrogens with one attached hydrogen (secondary N) is 1. The van der Waals surface area contributed by atoms with E-state index in [4.69, 9.17) is 5.73 Å². The second kappa shape index (κ2) is 6.97. The lowest BCUT2D eigenvalue weighted by atomic mass is 9.97. The third kappa shape index (κ3) is 3.54. The highest BCUT2D eigenvalue weighted by molar-refractivity contribution is 5.92. The fourth-order valence-corrected chi connectivity index (χ4v) is 3.18. The zero-order valence-corrected chi connectivity index (χ0v) is 13.6. The maximum atomic E-state index is 12.5. The molecule has 1 amide bonds. The summed E-state index contributed by atoms with van der Waals surface area (Å²) in [7, 11) is 0. The molecule has 3 rings (SSSR count). The first-order valence-electron chi connectivity index (χ1n) is 8.27. The molecule has 1 heterocycles. The third-order valence-electron chi connectivity index (χ3n) is 4.60. The molecule has 0 aliphatic heterocycles. The monoisotopic (exact) mass is 326 g/mol. The smallest absolute Gasteiger partial charge is 0.272 e. The molecule has 0 atom stereocenters. The molecule has 1 aromatic heterocycles. The van der Waals surface area contributed by atoms with Crippen LogP contribution in [-0.4, -0.2) is 27.8 Å². The molecular weight excluding hydrogens is 304 g/mol. The first kappa shape index (κ1) is 16.4. The summed E-state index contributed by atoms with van der Waals surface area (Å²) >= 11 is 0. The third-order valence-corrected chi connectivity index (χ3v) is 4.60. The predicted molar refractivity (Wildman–Crippen MR) is 91.8 cm³/mol. The maximum absolute atomic E-state index is 12.5. The SMILES string of the molecule is NCC1(NC(=O)c2ccc(=O)n(Cc3ccccc3)n2)CCCC1. The van der Waals surface area contributed by atoms with Gasteiger partial charge < -0.3 is 11.1 Å². The number of rotatable bonds is 5. The minimum absolute atomic E-state index is 0.232. The number of aromatic nitrogens is 2. The molecule has 3 N–H and O–H groups in total. The van der Waals surface area contributed by atoms with Crippen molar-refractivity contribution >= 4 is 5.91 Å². The van der Waals surface area contributed by atoms with E-state index in [1.165, 1.54) is 16.8 Å². The number of nitrogens with two attached hydrogens (primary N) is 1. The molecule has 0 spiro atoms. The highest BCUT2D eigenvalue weighted by Crippen LogP contribution is 2.28. The summed E-state index contributed by atoms with van der Waals surface area (Å²) < 4.78 is 1.31. The van der Waals surface area contributed by atoms with E-state index in [-0.39, 0.29) is 22.7 Å². The van der Waals surface area contributed by atoms with Gasteiger partial charge in [-0.1, -0.05) is 43.2 Å². The van der Waals surface area contributed by atoms with Crippen LogP contribution in [0.3, 0.4) is 0 Å². The zero-order chi connectivity index (χ0) is 17.0. The summed E-state index contributed by atoms with van der Waals surface area (Å²) in [6, 6.07) is 12.4. The fraction of sp³-hybridized carbons (Fsp3) is 0.389. The van der Waals surface area contributed by atoms with E-state index in [1.807, 2.05) is 30.3 Å². The van der Waals surface area contributed by atoms with Gasteiger partial charge in [-0.25, -0.2) is 4.68 Å². The molecule has 2 aromatic rings. The standard InChI is InChI=1S/C18H22N4O2/c19-13-18(10-4-5-11-18)20-17(24)15-8-9-16(23)22(21-15)12-14-6-2-1-3-7-14/h1-3,6-9H,4-5,10-13,19H2,(H,20,24). The lowest BCUT2D eigenvalue weighted by Gasteiger charge is -2.28. The van der Waals surface area contributed by atoms with Crippen molar-refractivity contribution < 1.29 is 4.79 Å². The first-order valence-corrected chi connectivity index (χ1v) is 8.27. The Kier molecular flexibility index (Phi) is 4.76. The van der Waals surface area contributed by atoms with Gasteiger partial charge in [0.2, 0.25) is 0 Å². The van der Waals surface area contributed by atoms with Gasteiger partial charge in [-0.05, 0) is 24.5 Å². The fourth-order valence-electron chi connectivity index (χ4n) is 3.18. The highest BCUT2D eigenvalue weighted by Gasteiger charge is 2.34. The Morgan fingerprint density at radius 2 is 1.88 bits per heavy atom. The van der Waals surface area contributed by atoms with E-state index < -0.39 is 0 Å². The largest absolute Gasteiger partial charge is 0.344 e. The van der Waals surface area contributed by atoms with Gasteiger partial charge in [-0.2, -0.15) is 5.10 Å². The van der Waals surface area contributed by atoms with Gasteiger partial charge >= 0.3 is 0 Å². The Labute approximate surface area is 140 Å². The number of nitrogens with zero attached hydrogens (tertiary/aromatic N) is 2. The molecule has 1 aromatic carbocycles. The summed E-state index contributed by atoms with van der Waals surface area (Å²) in [4.78, 5) is 24.5. The van der Waals surface area contributed by atoms with Crippen molar-refractivity contribution in [1.82, 2.24) is 15.1 Å². The lowest BCUT2D eigenvalue weighted by molar-refractivity contribution is 0.0895. The van der Waals surface area contributed by atoms with Crippen LogP contribution in [0.2, 0.25) is 0 Å². The maximum Gasteiger partial charge on any atom is 0.272 e. The number of carbonyl (C=O) groups is 1. The minimum atomic E-state index is -0.334. The van der Waals surface area contributed by atoms with Crippen molar-refractivity contribution in [3.8, 4) is 0 Å². The van der Waals surface area contributed by atoms with Gasteiger partial charge in [0.05, 0.1) is 12.1 Å². The molecule has 6 heteroatoms. The van der Waals surface area contributed by atoms with Gasteiger partial charge in [0.1, 0.15) is 5.69 Å². The average molecular weight is 326 g/mol. The van der Waals surface area contributed by atoms with Gasteiger partial charge in [-0.3, -0.25) is 9.59 Å². The Morgan fingerprint density at radius 3 is 2.54 bits per heavy atom. The van der Waals surface area contributed by atoms with Crippen molar-refractivity contribution in [3.05, 3.63) is 64.1 Å². The molecule has 1 saturated carbocycles. The zero-order valence-electron chi connectivity index (χ0n) is 13.6. The van der Waals surface area contributed by atoms with E-state index in [9.17, 15) is 9.59 Å². The number of hydrogen-bond acceptors (Lipinski definition) is 4. The van der Waals surface area contributed by atoms with E-state index in [1.54, 1.807) is 0 Å². The molecule has 0 unspecified atom stereocenters. The first-order chi connectivity index (χ1) is 11.6. The number of hydrogen-bond donors (Lipinski definition) is 2. The molecule has 0 bridgehead atoms. The van der Waals surface area contributed by atoms with Crippen molar-refractivity contribution in [1.29, 1.82) is 0 Å². The molecule has 0 radical (unpaired) electrons. The average Bonchev–Trinajstić information content (AvgIpc) is 3.07. The van der Waals surface area contributed by atoms with Gasteiger partial charge in [-0.15, -0.1) is 0 Å². The molecule has 6 nitrogen and oxygen atoms in total. The molecule has 126 valence electrons. The number of carbonyl (C=O) groups excluding carboxylic acids is 1. The molecular formula is C18H22N4O2. The van der Waals surface area contributed by atoms with Crippen LogP contribution in [0.5, 0.6) is 0 Å². The Balaban J connectivity index is 1.80. The molecule has 1 aliphatic rings. The van der Waals surface area contributed by atoms with Crippen LogP contribution >= 0.6 is 0 Å². The van der Waals surface area contributed by atoms with Crippen LogP contribution in [0.1, 0.15) is 41.7 Å². The summed E-state index contributed by atoms with van der Waals surface area (Å²) in [5.74, 6) is -0.274. The van der Waals surface area contributed by atoms with Gasteiger partial charge in [0.15, 0.2) is 0 Å². The number of benzene rings is 1. The van der Waals surface area contributed by atoms with E-state index in [0.717, 1.165) is 31.2 Å². The summed E-state index contributed by atoms with van der Waals surface area (Å²) in [6.07, 6.45) is 3.91. The summed E-state index contributed by atoms with van der Waals surface area (Å²) in [5, 5.41) is 7.25. The summed E-state index contributed by atoms with van der Waals surface area (Å²) in [6.45, 7) is 0.755. The van der Waals surface area contributed by atoms with Crippen molar-refractivity contribution in [3.63, 3.8) is 0 Å². The van der Waals surface area contributed by atoms with Gasteiger partial charge in [0.25, 0.3) is 11.5 Å². The van der Waals surface area contributed by atoms with Gasteiger partial charge in [0, 0.05) is 12.6 Å². The van der Waals surface area contributed by atoms with Crippen LogP contribution in [0.25, 0.3) is 0 Å². The van der Waals surface area contributed by atoms with Crippen LogP contribution in [0.4, 0.5) is 0 Å². The lowest BCUT2D eigenvalue weighted by Crippen LogP contribution is -2.52. The predicted octanol–water partition coefficient (Wildman–Crippen LogP) is 1.29. The van der Waals surface area contributed by atoms with Crippen LogP contribution in [-0.2, 0) is 6.54 Å². The minimum Gasteiger partial charge on any atom is -0.344 e.